The van der Waals surface area contributed by atoms with Crippen LogP contribution >= 0.6 is 0 Å². The van der Waals surface area contributed by atoms with Crippen molar-refractivity contribution in [2.45, 2.75) is 72.9 Å². The van der Waals surface area contributed by atoms with Crippen LogP contribution in [0.1, 0.15) is 62.8 Å². The van der Waals surface area contributed by atoms with Gasteiger partial charge in [-0.15, -0.1) is 63.0 Å². The van der Waals surface area contributed by atoms with E-state index in [0.717, 1.165) is 0 Å². The summed E-state index contributed by atoms with van der Waals surface area (Å²) in [7, 11) is 0. The van der Waals surface area contributed by atoms with E-state index in [4.69, 9.17) is 0 Å². The molecule has 45 heavy (non-hydrogen) atoms. The Kier molecular flexibility index (Phi) is 14.8. The van der Waals surface area contributed by atoms with E-state index in [2.05, 4.69) is 171 Å². The first-order valence-electron chi connectivity index (χ1n) is 15.4. The fourth-order valence-corrected chi connectivity index (χ4v) is 5.47. The first kappa shape index (κ1) is 39.0. The molecular formula is C41H46Cl2SiZr-2. The maximum Gasteiger partial charge on any atom is -0.0279 e. The molecule has 0 amide bonds. The van der Waals surface area contributed by atoms with Gasteiger partial charge in [-0.25, -0.2) is 0 Å². The Bertz CT molecular complexity index is 1810. The van der Waals surface area contributed by atoms with E-state index in [9.17, 15) is 0 Å². The van der Waals surface area contributed by atoms with Gasteiger partial charge in [0.1, 0.15) is 0 Å². The summed E-state index contributed by atoms with van der Waals surface area (Å²) in [5.74, 6) is 0.573. The van der Waals surface area contributed by atoms with Crippen molar-refractivity contribution in [3.05, 3.63) is 131 Å². The molecule has 0 radical (unpaired) electrons. The predicted molar refractivity (Wildman–Crippen MR) is 190 cm³/mol. The maximum atomic E-state index is 2.35. The van der Waals surface area contributed by atoms with Gasteiger partial charge in [-0.05, 0) is 34.9 Å². The van der Waals surface area contributed by atoms with E-state index in [-0.39, 0.29) is 35.7 Å². The number of halogens is 2. The molecule has 0 aromatic heterocycles. The molecule has 0 saturated heterocycles. The van der Waals surface area contributed by atoms with Crippen LogP contribution in [0.25, 0.3) is 43.8 Å². The Morgan fingerprint density at radius 1 is 0.644 bits per heavy atom. The van der Waals surface area contributed by atoms with E-state index in [1.54, 1.807) is 23.3 Å². The molecule has 0 spiro atoms. The standard InChI is InChI=1S/C22H25.C17H15.C2H6Si.2ClH.Zr/c1-15(2)18-13-17-7-6-8-20(21(17)14-18)16-9-11-19(12-10-16)22(3,4)5;1-12-8-15-9-13(2)11-17(15)16(10-12)14-6-4-3-5-7-14;1-3-2;;;/h6-15H,1-5H3;3-11H,1-2H3;1-2H3;2*1H;/q2*-1;;;;+2/p-2. The van der Waals surface area contributed by atoms with Crippen molar-refractivity contribution in [3.63, 3.8) is 0 Å². The largest absolute Gasteiger partial charge is 1.00 e. The molecule has 0 aliphatic heterocycles. The summed E-state index contributed by atoms with van der Waals surface area (Å²) >= 11 is 1.74. The van der Waals surface area contributed by atoms with Crippen molar-refractivity contribution >= 4 is 27.0 Å². The van der Waals surface area contributed by atoms with Gasteiger partial charge in [-0.1, -0.05) is 125 Å². The van der Waals surface area contributed by atoms with Crippen LogP contribution in [0.2, 0.25) is 13.1 Å². The Morgan fingerprint density at radius 3 is 1.80 bits per heavy atom. The molecule has 234 valence electrons. The summed E-state index contributed by atoms with van der Waals surface area (Å²) in [5, 5.41) is 5.43. The van der Waals surface area contributed by atoms with Crippen molar-refractivity contribution in [2.75, 3.05) is 0 Å². The molecule has 0 nitrogen and oxygen atoms in total. The molecule has 0 bridgehead atoms. The van der Waals surface area contributed by atoms with E-state index < -0.39 is 0 Å². The summed E-state index contributed by atoms with van der Waals surface area (Å²) in [5.41, 5.74) is 11.2. The molecule has 0 aliphatic carbocycles. The predicted octanol–water partition coefficient (Wildman–Crippen LogP) is 6.28. The summed E-state index contributed by atoms with van der Waals surface area (Å²) in [6.45, 7) is 20.2. The molecule has 0 saturated carbocycles. The molecule has 6 aromatic rings. The van der Waals surface area contributed by atoms with E-state index in [0.29, 0.717) is 5.92 Å². The topological polar surface area (TPSA) is 0 Å². The Morgan fingerprint density at radius 2 is 1.22 bits per heavy atom. The van der Waals surface area contributed by atoms with Crippen molar-refractivity contribution < 1.29 is 48.1 Å². The van der Waals surface area contributed by atoms with Crippen LogP contribution in [0, 0.1) is 13.8 Å². The zero-order chi connectivity index (χ0) is 31.3. The van der Waals surface area contributed by atoms with Gasteiger partial charge >= 0.3 is 41.9 Å². The van der Waals surface area contributed by atoms with Crippen LogP contribution in [0.3, 0.4) is 0 Å². The SMILES string of the molecule is CC(C)c1cc2c(-c3ccc(C(C)(C)C)cc3)cccc2[cH-]1.C[Si](C)=[Zr+2].Cc1cc(-c2ccccc2)c2cc(C)[cH-]c2c1.[Cl-].[Cl-]. The third kappa shape index (κ3) is 10.4. The molecule has 4 heteroatoms. The van der Waals surface area contributed by atoms with Crippen molar-refractivity contribution in [3.8, 4) is 22.3 Å². The van der Waals surface area contributed by atoms with Gasteiger partial charge in [0, 0.05) is 0 Å². The fraction of sp³-hybridized carbons (Fsp3) is 0.268. The Hall–Kier alpha value is -2.22. The zero-order valence-corrected chi connectivity index (χ0v) is 33.2. The molecule has 0 fully saturated rings. The second-order valence-electron chi connectivity index (χ2n) is 13.3. The fourth-order valence-electron chi connectivity index (χ4n) is 5.47. The maximum absolute atomic E-state index is 2.35. The minimum Gasteiger partial charge on any atom is -1.00 e. The monoisotopic (exact) mass is 726 g/mol. The van der Waals surface area contributed by atoms with E-state index >= 15 is 0 Å². The number of rotatable bonds is 3. The quantitative estimate of drug-likeness (QED) is 0.149. The molecule has 0 aliphatic rings. The van der Waals surface area contributed by atoms with Crippen LogP contribution in [-0.2, 0) is 28.8 Å². The summed E-state index contributed by atoms with van der Waals surface area (Å²) in [6, 6.07) is 40.0. The summed E-state index contributed by atoms with van der Waals surface area (Å²) in [4.78, 5) is 0. The zero-order valence-electron chi connectivity index (χ0n) is 28.2. The van der Waals surface area contributed by atoms with Gasteiger partial charge in [-0.3, -0.25) is 0 Å². The van der Waals surface area contributed by atoms with Crippen LogP contribution in [0.15, 0.2) is 109 Å². The molecule has 0 unspecified atom stereocenters. The van der Waals surface area contributed by atoms with Gasteiger partial charge in [0.2, 0.25) is 0 Å². The molecule has 0 atom stereocenters. The average Bonchev–Trinajstić information content (AvgIpc) is 3.56. The van der Waals surface area contributed by atoms with Crippen molar-refractivity contribution in [1.82, 2.24) is 0 Å². The Labute approximate surface area is 299 Å². The van der Waals surface area contributed by atoms with Gasteiger partial charge < -0.3 is 24.8 Å². The minimum atomic E-state index is 0. The van der Waals surface area contributed by atoms with Crippen LogP contribution in [-0.4, -0.2) is 5.43 Å². The van der Waals surface area contributed by atoms with Crippen LogP contribution in [0.5, 0.6) is 0 Å². The molecule has 6 aromatic carbocycles. The van der Waals surface area contributed by atoms with Crippen LogP contribution in [0.4, 0.5) is 0 Å². The summed E-state index contributed by atoms with van der Waals surface area (Å²) in [6.07, 6.45) is 0. The van der Waals surface area contributed by atoms with Crippen molar-refractivity contribution in [1.29, 1.82) is 0 Å². The summed E-state index contributed by atoms with van der Waals surface area (Å²) < 4.78 is 0. The number of aryl methyl sites for hydroxylation is 2. The van der Waals surface area contributed by atoms with E-state index in [1.165, 1.54) is 66.1 Å². The van der Waals surface area contributed by atoms with Crippen LogP contribution < -0.4 is 24.8 Å². The first-order chi connectivity index (χ1) is 20.3. The average molecular weight is 729 g/mol. The number of benzene rings is 4. The smallest absolute Gasteiger partial charge is 0.0279 e. The van der Waals surface area contributed by atoms with Gasteiger partial charge in [-0.2, -0.15) is 12.1 Å². The van der Waals surface area contributed by atoms with E-state index in [1.807, 2.05) is 0 Å². The first-order valence-corrected chi connectivity index (χ1v) is 21.6. The second kappa shape index (κ2) is 17.1. The second-order valence-corrected chi connectivity index (χ2v) is 22.7. The number of fused-ring (bicyclic) bond motifs is 2. The number of hydrogen-bond donors (Lipinski definition) is 0. The molecule has 6 rings (SSSR count). The molecule has 0 N–H and O–H groups in total. The van der Waals surface area contributed by atoms with Gasteiger partial charge in [0.25, 0.3) is 0 Å². The third-order valence-corrected chi connectivity index (χ3v) is 7.70. The van der Waals surface area contributed by atoms with Gasteiger partial charge in [0.05, 0.1) is 0 Å². The third-order valence-electron chi connectivity index (χ3n) is 7.70. The Balaban J connectivity index is 0.000000275. The number of hydrogen-bond acceptors (Lipinski definition) is 0. The minimum absolute atomic E-state index is 0. The molecule has 0 heterocycles. The van der Waals surface area contributed by atoms with Crippen molar-refractivity contribution in [2.24, 2.45) is 0 Å². The molecular weight excluding hydrogens is 683 g/mol. The van der Waals surface area contributed by atoms with Gasteiger partial charge in [0.15, 0.2) is 0 Å². The normalized spacial score (nSPS) is 10.8.